The smallest absolute Gasteiger partial charge is 0.114 e. The van der Waals surface area contributed by atoms with Gasteiger partial charge in [0, 0.05) is 0 Å². The summed E-state index contributed by atoms with van der Waals surface area (Å²) in [6.45, 7) is 1.69. The van der Waals surface area contributed by atoms with E-state index in [1.54, 1.807) is 6.61 Å². The van der Waals surface area contributed by atoms with Crippen LogP contribution in [0.3, 0.4) is 0 Å². The molecule has 0 aliphatic heterocycles. The molecule has 2 heteroatoms. The van der Waals surface area contributed by atoms with Crippen molar-refractivity contribution in [3.63, 3.8) is 0 Å². The molecule has 0 saturated carbocycles. The van der Waals surface area contributed by atoms with Crippen molar-refractivity contribution < 1.29 is 4.74 Å². The molecule has 0 fully saturated rings. The number of hydrogen-bond donors (Lipinski definition) is 1. The van der Waals surface area contributed by atoms with E-state index in [0.29, 0.717) is 5.94 Å². The summed E-state index contributed by atoms with van der Waals surface area (Å²) in [5.41, 5.74) is 1.07. The zero-order chi connectivity index (χ0) is 7.23. The van der Waals surface area contributed by atoms with Crippen molar-refractivity contribution in [2.45, 2.75) is 0 Å². The lowest BCUT2D eigenvalue weighted by atomic mass is 10.2. The standard InChI is InChI=1S/C8H9OS/c10-7-9-6-8-4-2-1-3-5-8/h1-6,10H,7H2. The van der Waals surface area contributed by atoms with Gasteiger partial charge in [-0.25, -0.2) is 0 Å². The van der Waals surface area contributed by atoms with E-state index in [0.717, 1.165) is 5.56 Å². The van der Waals surface area contributed by atoms with Gasteiger partial charge in [0.1, 0.15) is 6.61 Å². The third-order valence-corrected chi connectivity index (χ3v) is 1.24. The molecule has 0 aromatic heterocycles. The fourth-order valence-electron chi connectivity index (χ4n) is 0.665. The van der Waals surface area contributed by atoms with Gasteiger partial charge in [-0.3, -0.25) is 0 Å². The van der Waals surface area contributed by atoms with Gasteiger partial charge in [-0.1, -0.05) is 30.3 Å². The van der Waals surface area contributed by atoms with Gasteiger partial charge < -0.3 is 4.74 Å². The maximum absolute atomic E-state index is 4.96. The Morgan fingerprint density at radius 3 is 2.60 bits per heavy atom. The van der Waals surface area contributed by atoms with Crippen LogP contribution in [0.15, 0.2) is 30.3 Å². The summed E-state index contributed by atoms with van der Waals surface area (Å²) in [4.78, 5) is 0. The Morgan fingerprint density at radius 1 is 1.30 bits per heavy atom. The summed E-state index contributed by atoms with van der Waals surface area (Å²) >= 11 is 3.90. The van der Waals surface area contributed by atoms with Crippen LogP contribution in [0.5, 0.6) is 0 Å². The van der Waals surface area contributed by atoms with Crippen LogP contribution >= 0.6 is 12.6 Å². The summed E-state index contributed by atoms with van der Waals surface area (Å²) in [6, 6.07) is 9.85. The van der Waals surface area contributed by atoms with Gasteiger partial charge in [0.15, 0.2) is 0 Å². The minimum absolute atomic E-state index is 0.425. The molecule has 53 valence electrons. The summed E-state index contributed by atoms with van der Waals surface area (Å²) in [6.07, 6.45) is 0. The highest BCUT2D eigenvalue weighted by atomic mass is 32.1. The van der Waals surface area contributed by atoms with Crippen molar-refractivity contribution in [1.82, 2.24) is 0 Å². The van der Waals surface area contributed by atoms with Gasteiger partial charge in [0.25, 0.3) is 0 Å². The summed E-state index contributed by atoms with van der Waals surface area (Å²) in [7, 11) is 0. The second-order valence-corrected chi connectivity index (χ2v) is 2.08. The number of thiol groups is 1. The van der Waals surface area contributed by atoms with Crippen molar-refractivity contribution in [2.75, 3.05) is 5.94 Å². The summed E-state index contributed by atoms with van der Waals surface area (Å²) in [5.74, 6) is 0.425. The quantitative estimate of drug-likeness (QED) is 0.517. The van der Waals surface area contributed by atoms with E-state index in [1.165, 1.54) is 0 Å². The third-order valence-electron chi connectivity index (χ3n) is 1.09. The van der Waals surface area contributed by atoms with Crippen molar-refractivity contribution in [2.24, 2.45) is 0 Å². The number of ether oxygens (including phenoxy) is 1. The largest absolute Gasteiger partial charge is 0.360 e. The molecule has 0 amide bonds. The average molecular weight is 153 g/mol. The van der Waals surface area contributed by atoms with E-state index in [-0.39, 0.29) is 0 Å². The third kappa shape index (κ3) is 2.42. The lowest BCUT2D eigenvalue weighted by Gasteiger charge is -1.97. The van der Waals surface area contributed by atoms with Crippen LogP contribution < -0.4 is 0 Å². The number of benzene rings is 1. The van der Waals surface area contributed by atoms with Crippen molar-refractivity contribution in [1.29, 1.82) is 0 Å². The maximum atomic E-state index is 4.96. The molecule has 1 aromatic carbocycles. The van der Waals surface area contributed by atoms with E-state index in [1.807, 2.05) is 30.3 Å². The van der Waals surface area contributed by atoms with Gasteiger partial charge in [0.05, 0.1) is 5.94 Å². The highest BCUT2D eigenvalue weighted by Crippen LogP contribution is 2.02. The molecule has 0 unspecified atom stereocenters. The highest BCUT2D eigenvalue weighted by Gasteiger charge is 1.88. The van der Waals surface area contributed by atoms with Gasteiger partial charge in [-0.2, -0.15) is 12.6 Å². The van der Waals surface area contributed by atoms with Crippen LogP contribution in [0.2, 0.25) is 0 Å². The fraction of sp³-hybridized carbons (Fsp3) is 0.125. The highest BCUT2D eigenvalue weighted by molar-refractivity contribution is 7.80. The monoisotopic (exact) mass is 153 g/mol. The van der Waals surface area contributed by atoms with Gasteiger partial charge in [-0.15, -0.1) is 0 Å². The molecule has 0 heterocycles. The predicted octanol–water partition coefficient (Wildman–Crippen LogP) is 2.10. The van der Waals surface area contributed by atoms with Crippen molar-refractivity contribution in [3.05, 3.63) is 42.5 Å². The Balaban J connectivity index is 2.43. The van der Waals surface area contributed by atoms with E-state index in [4.69, 9.17) is 4.74 Å². The lowest BCUT2D eigenvalue weighted by molar-refractivity contribution is 0.275. The second kappa shape index (κ2) is 4.36. The Bertz CT molecular complexity index is 174. The van der Waals surface area contributed by atoms with Crippen LogP contribution in [0.1, 0.15) is 5.56 Å². The van der Waals surface area contributed by atoms with Crippen LogP contribution in [0, 0.1) is 6.61 Å². The fourth-order valence-corrected chi connectivity index (χ4v) is 0.740. The zero-order valence-electron chi connectivity index (χ0n) is 5.53. The normalized spacial score (nSPS) is 9.70. The van der Waals surface area contributed by atoms with E-state index >= 15 is 0 Å². The van der Waals surface area contributed by atoms with Crippen molar-refractivity contribution >= 4 is 12.6 Å². The van der Waals surface area contributed by atoms with Crippen LogP contribution in [-0.4, -0.2) is 5.94 Å². The topological polar surface area (TPSA) is 9.23 Å². The molecule has 0 bridgehead atoms. The molecule has 1 radical (unpaired) electrons. The molecule has 0 saturated heterocycles. The van der Waals surface area contributed by atoms with E-state index in [2.05, 4.69) is 12.6 Å². The summed E-state index contributed by atoms with van der Waals surface area (Å²) in [5, 5.41) is 0. The Labute approximate surface area is 66.4 Å². The molecule has 1 nitrogen and oxygen atoms in total. The molecule has 0 N–H and O–H groups in total. The molecular formula is C8H9OS. The number of rotatable bonds is 3. The zero-order valence-corrected chi connectivity index (χ0v) is 6.42. The SMILES string of the molecule is SCO[CH]c1ccccc1. The van der Waals surface area contributed by atoms with Gasteiger partial charge >= 0.3 is 0 Å². The van der Waals surface area contributed by atoms with Crippen LogP contribution in [0.25, 0.3) is 0 Å². The minimum Gasteiger partial charge on any atom is -0.360 e. The van der Waals surface area contributed by atoms with Crippen molar-refractivity contribution in [3.8, 4) is 0 Å². The first-order valence-corrected chi connectivity index (χ1v) is 3.67. The number of hydrogen-bond acceptors (Lipinski definition) is 2. The molecule has 0 aliphatic carbocycles. The minimum atomic E-state index is 0.425. The van der Waals surface area contributed by atoms with Crippen LogP contribution in [0.4, 0.5) is 0 Å². The van der Waals surface area contributed by atoms with Crippen LogP contribution in [-0.2, 0) is 4.74 Å². The van der Waals surface area contributed by atoms with E-state index in [9.17, 15) is 0 Å². The van der Waals surface area contributed by atoms with E-state index < -0.39 is 0 Å². The van der Waals surface area contributed by atoms with Gasteiger partial charge in [0.2, 0.25) is 0 Å². The molecule has 10 heavy (non-hydrogen) atoms. The molecule has 0 spiro atoms. The average Bonchev–Trinajstić information content (AvgIpc) is 2.03. The first-order chi connectivity index (χ1) is 4.93. The summed E-state index contributed by atoms with van der Waals surface area (Å²) < 4.78 is 4.96. The molecule has 0 atom stereocenters. The first-order valence-electron chi connectivity index (χ1n) is 3.04. The maximum Gasteiger partial charge on any atom is 0.114 e. The Morgan fingerprint density at radius 2 is 2.00 bits per heavy atom. The predicted molar refractivity (Wildman–Crippen MR) is 44.8 cm³/mol. The first kappa shape index (κ1) is 7.63. The second-order valence-electron chi connectivity index (χ2n) is 1.82. The molecular weight excluding hydrogens is 144 g/mol. The van der Waals surface area contributed by atoms with Gasteiger partial charge in [-0.05, 0) is 5.56 Å². The Hall–Kier alpha value is -0.470. The molecule has 0 aliphatic rings. The lowest BCUT2D eigenvalue weighted by Crippen LogP contribution is -1.85. The molecule has 1 aromatic rings. The molecule has 1 rings (SSSR count). The Kier molecular flexibility index (Phi) is 3.33.